The molecule has 0 aliphatic heterocycles. The molecule has 1 N–H and O–H groups in total. The van der Waals surface area contributed by atoms with Gasteiger partial charge in [-0.05, 0) is 68.9 Å². The van der Waals surface area contributed by atoms with Crippen molar-refractivity contribution in [2.24, 2.45) is 0 Å². The van der Waals surface area contributed by atoms with Crippen molar-refractivity contribution in [2.45, 2.75) is 90.4 Å². The molecule has 4 rings (SSSR count). The highest BCUT2D eigenvalue weighted by Gasteiger charge is 2.35. The summed E-state index contributed by atoms with van der Waals surface area (Å²) in [4.78, 5) is 29.2. The monoisotopic (exact) mass is 424 g/mol. The number of rotatable bonds is 7. The Labute approximate surface area is 183 Å². The van der Waals surface area contributed by atoms with Crippen molar-refractivity contribution in [3.63, 3.8) is 0 Å². The largest absolute Gasteiger partial charge is 0.352 e. The Morgan fingerprint density at radius 2 is 1.87 bits per heavy atom. The Morgan fingerprint density at radius 3 is 2.55 bits per heavy atom. The summed E-state index contributed by atoms with van der Waals surface area (Å²) in [7, 11) is 0. The van der Waals surface area contributed by atoms with E-state index in [1.807, 2.05) is 32.0 Å². The summed E-state index contributed by atoms with van der Waals surface area (Å²) in [5.74, 6) is 0.304. The van der Waals surface area contributed by atoms with Crippen LogP contribution in [0.4, 0.5) is 0 Å². The first kappa shape index (κ1) is 21.5. The molecule has 2 fully saturated rings. The second-order valence-electron chi connectivity index (χ2n) is 8.99. The normalized spacial score (nSPS) is 17.9. The van der Waals surface area contributed by atoms with Crippen LogP contribution in [0.5, 0.6) is 0 Å². The molecule has 1 heterocycles. The number of amides is 2. The molecule has 0 spiro atoms. The van der Waals surface area contributed by atoms with E-state index in [1.165, 1.54) is 16.8 Å². The van der Waals surface area contributed by atoms with Gasteiger partial charge in [0, 0.05) is 17.6 Å². The van der Waals surface area contributed by atoms with Gasteiger partial charge in [-0.2, -0.15) is 4.80 Å². The summed E-state index contributed by atoms with van der Waals surface area (Å²) in [6.07, 6.45) is 7.29. The smallest absolute Gasteiger partial charge is 0.247 e. The Bertz CT molecular complexity index is 945. The van der Waals surface area contributed by atoms with Crippen LogP contribution in [-0.4, -0.2) is 55.0 Å². The minimum atomic E-state index is -0.501. The van der Waals surface area contributed by atoms with Crippen LogP contribution >= 0.6 is 0 Å². The molecule has 166 valence electrons. The number of nitrogens with zero attached hydrogens (tertiary/aromatic N) is 5. The highest BCUT2D eigenvalue weighted by atomic mass is 16.2. The van der Waals surface area contributed by atoms with Crippen LogP contribution in [0.3, 0.4) is 0 Å². The molecule has 31 heavy (non-hydrogen) atoms. The summed E-state index contributed by atoms with van der Waals surface area (Å²) in [5.41, 5.74) is 3.24. The molecule has 1 aromatic heterocycles. The van der Waals surface area contributed by atoms with Gasteiger partial charge in [0.25, 0.3) is 0 Å². The zero-order valence-electron chi connectivity index (χ0n) is 18.7. The number of benzene rings is 1. The molecule has 8 nitrogen and oxygen atoms in total. The van der Waals surface area contributed by atoms with Crippen LogP contribution in [0.1, 0.15) is 63.0 Å². The summed E-state index contributed by atoms with van der Waals surface area (Å²) in [6, 6.07) is 5.88. The lowest BCUT2D eigenvalue weighted by molar-refractivity contribution is -0.144. The van der Waals surface area contributed by atoms with Crippen molar-refractivity contribution < 1.29 is 9.59 Å². The van der Waals surface area contributed by atoms with E-state index >= 15 is 0 Å². The summed E-state index contributed by atoms with van der Waals surface area (Å²) in [6.45, 7) is 5.92. The number of hydrogen-bond donors (Lipinski definition) is 1. The van der Waals surface area contributed by atoms with Gasteiger partial charge < -0.3 is 10.2 Å². The van der Waals surface area contributed by atoms with Gasteiger partial charge in [0.1, 0.15) is 12.6 Å². The van der Waals surface area contributed by atoms with Crippen molar-refractivity contribution in [3.05, 3.63) is 29.3 Å². The maximum Gasteiger partial charge on any atom is 0.247 e. The van der Waals surface area contributed by atoms with E-state index in [0.29, 0.717) is 5.82 Å². The fraction of sp³-hybridized carbons (Fsp3) is 0.609. The first-order valence-corrected chi connectivity index (χ1v) is 11.4. The van der Waals surface area contributed by atoms with Crippen LogP contribution < -0.4 is 5.32 Å². The molecule has 2 aliphatic rings. The Hall–Kier alpha value is -2.77. The van der Waals surface area contributed by atoms with E-state index in [1.54, 1.807) is 4.90 Å². The van der Waals surface area contributed by atoms with Gasteiger partial charge >= 0.3 is 0 Å². The highest BCUT2D eigenvalue weighted by molar-refractivity contribution is 5.87. The van der Waals surface area contributed by atoms with E-state index in [0.717, 1.165) is 49.7 Å². The Kier molecular flexibility index (Phi) is 6.34. The maximum atomic E-state index is 13.3. The SMILES string of the molecule is Cc1ccc(-c2nnn(CC(=O)N(C3CCCCC3)C(C)C(=O)NC3CC3)n2)cc1C. The van der Waals surface area contributed by atoms with E-state index in [9.17, 15) is 9.59 Å². The maximum absolute atomic E-state index is 13.3. The van der Waals surface area contributed by atoms with E-state index in [2.05, 4.69) is 27.7 Å². The van der Waals surface area contributed by atoms with Crippen LogP contribution in [0, 0.1) is 13.8 Å². The topological polar surface area (TPSA) is 93.0 Å². The number of hydrogen-bond acceptors (Lipinski definition) is 5. The van der Waals surface area contributed by atoms with Crippen LogP contribution in [0.25, 0.3) is 11.4 Å². The minimum absolute atomic E-state index is 0.0185. The standard InChI is InChI=1S/C23H32N6O2/c1-15-9-10-18(13-16(15)2)22-25-27-28(26-22)14-21(30)29(20-7-5-4-6-8-20)17(3)23(31)24-19-11-12-19/h9-10,13,17,19-20H,4-8,11-12,14H2,1-3H3,(H,24,31). The molecule has 2 amide bonds. The van der Waals surface area contributed by atoms with Gasteiger partial charge in [0.15, 0.2) is 0 Å². The van der Waals surface area contributed by atoms with Crippen molar-refractivity contribution >= 4 is 11.8 Å². The lowest BCUT2D eigenvalue weighted by atomic mass is 9.93. The number of carbonyl (C=O) groups is 2. The van der Waals surface area contributed by atoms with Gasteiger partial charge in [-0.3, -0.25) is 9.59 Å². The first-order valence-electron chi connectivity index (χ1n) is 11.4. The molecule has 0 radical (unpaired) electrons. The third-order valence-electron chi connectivity index (χ3n) is 6.47. The fourth-order valence-electron chi connectivity index (χ4n) is 4.28. The Morgan fingerprint density at radius 1 is 1.13 bits per heavy atom. The van der Waals surface area contributed by atoms with Crippen LogP contribution in [-0.2, 0) is 16.1 Å². The predicted molar refractivity (Wildman–Crippen MR) is 117 cm³/mol. The van der Waals surface area contributed by atoms with Gasteiger partial charge in [0.05, 0.1) is 0 Å². The average Bonchev–Trinajstić information content (AvgIpc) is 3.45. The zero-order chi connectivity index (χ0) is 22.0. The number of aryl methyl sites for hydroxylation is 2. The fourth-order valence-corrected chi connectivity index (χ4v) is 4.28. The van der Waals surface area contributed by atoms with E-state index in [-0.39, 0.29) is 30.4 Å². The molecule has 8 heteroatoms. The summed E-state index contributed by atoms with van der Waals surface area (Å²) in [5, 5.41) is 15.7. The number of tetrazole rings is 1. The third kappa shape index (κ3) is 5.11. The average molecular weight is 425 g/mol. The molecule has 0 bridgehead atoms. The lowest BCUT2D eigenvalue weighted by Gasteiger charge is -2.37. The molecule has 0 saturated heterocycles. The predicted octanol–water partition coefficient (Wildman–Crippen LogP) is 2.79. The van der Waals surface area contributed by atoms with Gasteiger partial charge in [0.2, 0.25) is 17.6 Å². The molecular weight excluding hydrogens is 392 g/mol. The van der Waals surface area contributed by atoms with E-state index < -0.39 is 6.04 Å². The summed E-state index contributed by atoms with van der Waals surface area (Å²) >= 11 is 0. The van der Waals surface area contributed by atoms with Gasteiger partial charge in [-0.25, -0.2) is 0 Å². The highest BCUT2D eigenvalue weighted by Crippen LogP contribution is 2.26. The van der Waals surface area contributed by atoms with Crippen LogP contribution in [0.2, 0.25) is 0 Å². The van der Waals surface area contributed by atoms with Gasteiger partial charge in [-0.15, -0.1) is 10.2 Å². The van der Waals surface area contributed by atoms with Crippen molar-refractivity contribution in [1.82, 2.24) is 30.4 Å². The number of carbonyl (C=O) groups excluding carboxylic acids is 2. The number of nitrogens with one attached hydrogen (secondary N) is 1. The minimum Gasteiger partial charge on any atom is -0.352 e. The van der Waals surface area contributed by atoms with Crippen molar-refractivity contribution in [3.8, 4) is 11.4 Å². The van der Waals surface area contributed by atoms with E-state index in [4.69, 9.17) is 0 Å². The Balaban J connectivity index is 1.49. The zero-order valence-corrected chi connectivity index (χ0v) is 18.7. The lowest BCUT2D eigenvalue weighted by Crippen LogP contribution is -2.54. The molecular formula is C23H32N6O2. The molecule has 2 aromatic rings. The molecule has 1 atom stereocenters. The summed E-state index contributed by atoms with van der Waals surface area (Å²) < 4.78 is 0. The third-order valence-corrected chi connectivity index (χ3v) is 6.47. The molecule has 2 aliphatic carbocycles. The van der Waals surface area contributed by atoms with Crippen molar-refractivity contribution in [1.29, 1.82) is 0 Å². The quantitative estimate of drug-likeness (QED) is 0.738. The first-order chi connectivity index (χ1) is 14.9. The number of aromatic nitrogens is 4. The second-order valence-corrected chi connectivity index (χ2v) is 8.99. The van der Waals surface area contributed by atoms with Crippen molar-refractivity contribution in [2.75, 3.05) is 0 Å². The molecule has 1 aromatic carbocycles. The van der Waals surface area contributed by atoms with Gasteiger partial charge in [-0.1, -0.05) is 31.4 Å². The molecule has 1 unspecified atom stereocenters. The molecule has 2 saturated carbocycles. The second kappa shape index (κ2) is 9.16. The van der Waals surface area contributed by atoms with Crippen LogP contribution in [0.15, 0.2) is 18.2 Å².